The molecule has 0 aliphatic carbocycles. The molecule has 0 spiro atoms. The number of carbonyl (C=O) groups excluding carboxylic acids is 3. The fourth-order valence-electron chi connectivity index (χ4n) is 3.25. The Kier molecular flexibility index (Phi) is 9.31. The monoisotopic (exact) mass is 517 g/mol. The van der Waals surface area contributed by atoms with Crippen molar-refractivity contribution in [2.75, 3.05) is 13.2 Å². The summed E-state index contributed by atoms with van der Waals surface area (Å²) in [4.78, 5) is 36.2. The van der Waals surface area contributed by atoms with Gasteiger partial charge in [-0.25, -0.2) is 9.59 Å². The number of benzene rings is 3. The summed E-state index contributed by atoms with van der Waals surface area (Å²) in [7, 11) is 0. The summed E-state index contributed by atoms with van der Waals surface area (Å²) in [5.41, 5.74) is 1.76. The van der Waals surface area contributed by atoms with E-state index >= 15 is 0 Å². The molecule has 10 nitrogen and oxygen atoms in total. The second-order valence-corrected chi connectivity index (χ2v) is 8.13. The highest BCUT2D eigenvalue weighted by Gasteiger charge is 2.17. The Bertz CT molecular complexity index is 1380. The number of ether oxygens (including phenoxy) is 2. The van der Waals surface area contributed by atoms with Crippen LogP contribution < -0.4 is 10.1 Å². The molecule has 38 heavy (non-hydrogen) atoms. The first-order valence-corrected chi connectivity index (χ1v) is 11.7. The van der Waals surface area contributed by atoms with Gasteiger partial charge in [0.05, 0.1) is 17.8 Å². The Morgan fingerprint density at radius 3 is 2.34 bits per heavy atom. The standard InChI is InChI=1S/C28H27N3O7/c1-4-18-14-20(38-28(36)29-12-13-37-27(35)17(2)3)10-11-22(18)30-31-23-15-21(24(32)16-25(23)33)26(34)19-8-6-5-7-9-19/h5-11,14-16,32-33H,2,4,12-13H2,1,3H3,(H,29,36). The van der Waals surface area contributed by atoms with Crippen LogP contribution in [-0.2, 0) is 16.0 Å². The van der Waals surface area contributed by atoms with Gasteiger partial charge in [0.2, 0.25) is 0 Å². The second kappa shape index (κ2) is 12.8. The number of ketones is 1. The van der Waals surface area contributed by atoms with Crippen LogP contribution in [0.2, 0.25) is 0 Å². The molecule has 0 saturated heterocycles. The molecule has 0 aliphatic heterocycles. The fraction of sp³-hybridized carbons (Fsp3) is 0.179. The number of hydrogen-bond acceptors (Lipinski definition) is 9. The van der Waals surface area contributed by atoms with E-state index in [2.05, 4.69) is 22.1 Å². The number of aromatic hydroxyl groups is 2. The Hall–Kier alpha value is -4.99. The zero-order valence-electron chi connectivity index (χ0n) is 20.9. The first-order valence-electron chi connectivity index (χ1n) is 11.7. The predicted octanol–water partition coefficient (Wildman–Crippen LogP) is 5.51. The molecule has 3 N–H and O–H groups in total. The third-order valence-electron chi connectivity index (χ3n) is 5.23. The minimum absolute atomic E-state index is 0.00353. The zero-order valence-corrected chi connectivity index (χ0v) is 20.9. The number of amides is 1. The van der Waals surface area contributed by atoms with Crippen molar-refractivity contribution in [1.29, 1.82) is 0 Å². The number of aryl methyl sites for hydroxylation is 1. The molecule has 0 heterocycles. The van der Waals surface area contributed by atoms with Crippen molar-refractivity contribution in [3.63, 3.8) is 0 Å². The number of nitrogens with zero attached hydrogens (tertiary/aromatic N) is 2. The highest BCUT2D eigenvalue weighted by molar-refractivity contribution is 6.11. The lowest BCUT2D eigenvalue weighted by atomic mass is 10.0. The molecule has 0 atom stereocenters. The van der Waals surface area contributed by atoms with E-state index in [1.54, 1.807) is 42.5 Å². The molecule has 3 aromatic carbocycles. The Balaban J connectivity index is 1.70. The number of carbonyl (C=O) groups is 3. The minimum atomic E-state index is -0.725. The Labute approximate surface area is 219 Å². The van der Waals surface area contributed by atoms with Crippen LogP contribution in [0.15, 0.2) is 83.0 Å². The summed E-state index contributed by atoms with van der Waals surface area (Å²) >= 11 is 0. The van der Waals surface area contributed by atoms with Gasteiger partial charge in [-0.2, -0.15) is 5.11 Å². The van der Waals surface area contributed by atoms with Gasteiger partial charge in [0.25, 0.3) is 0 Å². The second-order valence-electron chi connectivity index (χ2n) is 8.13. The summed E-state index contributed by atoms with van der Waals surface area (Å²) in [5, 5.41) is 31.2. The van der Waals surface area contributed by atoms with Gasteiger partial charge in [-0.05, 0) is 43.2 Å². The van der Waals surface area contributed by atoms with Crippen molar-refractivity contribution in [1.82, 2.24) is 5.32 Å². The van der Waals surface area contributed by atoms with Gasteiger partial charge in [0.1, 0.15) is 29.5 Å². The van der Waals surface area contributed by atoms with Crippen LogP contribution in [0, 0.1) is 0 Å². The fourth-order valence-corrected chi connectivity index (χ4v) is 3.25. The number of esters is 1. The molecule has 0 unspecified atom stereocenters. The summed E-state index contributed by atoms with van der Waals surface area (Å²) in [6.07, 6.45) is -0.194. The SMILES string of the molecule is C=C(C)C(=O)OCCNC(=O)Oc1ccc(N=Nc2cc(C(=O)c3ccccc3)c(O)cc2O)c(CC)c1. The van der Waals surface area contributed by atoms with Crippen LogP contribution in [-0.4, -0.2) is 41.2 Å². The summed E-state index contributed by atoms with van der Waals surface area (Å²) < 4.78 is 10.2. The average molecular weight is 518 g/mol. The molecule has 0 bridgehead atoms. The summed E-state index contributed by atoms with van der Waals surface area (Å²) in [6, 6.07) is 15.5. The van der Waals surface area contributed by atoms with Crippen molar-refractivity contribution in [3.05, 3.63) is 89.5 Å². The lowest BCUT2D eigenvalue weighted by Crippen LogP contribution is -2.30. The molecule has 3 aromatic rings. The van der Waals surface area contributed by atoms with Crippen LogP contribution in [0.25, 0.3) is 0 Å². The van der Waals surface area contributed by atoms with E-state index in [0.717, 1.165) is 6.07 Å². The molecular weight excluding hydrogens is 490 g/mol. The molecule has 0 saturated carbocycles. The number of hydrogen-bond donors (Lipinski definition) is 3. The topological polar surface area (TPSA) is 147 Å². The van der Waals surface area contributed by atoms with Crippen molar-refractivity contribution in [3.8, 4) is 17.2 Å². The molecule has 10 heteroatoms. The van der Waals surface area contributed by atoms with E-state index in [1.807, 2.05) is 6.92 Å². The van der Waals surface area contributed by atoms with E-state index in [4.69, 9.17) is 9.47 Å². The molecular formula is C28H27N3O7. The summed E-state index contributed by atoms with van der Waals surface area (Å²) in [6.45, 7) is 6.91. The third kappa shape index (κ3) is 7.26. The van der Waals surface area contributed by atoms with E-state index in [0.29, 0.717) is 23.2 Å². The molecule has 3 rings (SSSR count). The van der Waals surface area contributed by atoms with Gasteiger partial charge >= 0.3 is 12.1 Å². The van der Waals surface area contributed by atoms with Crippen LogP contribution in [0.3, 0.4) is 0 Å². The maximum atomic E-state index is 12.8. The van der Waals surface area contributed by atoms with Crippen molar-refractivity contribution in [2.45, 2.75) is 20.3 Å². The first-order chi connectivity index (χ1) is 18.2. The quantitative estimate of drug-likeness (QED) is 0.106. The maximum absolute atomic E-state index is 12.8. The van der Waals surface area contributed by atoms with Gasteiger partial charge < -0.3 is 25.0 Å². The molecule has 0 fully saturated rings. The van der Waals surface area contributed by atoms with Gasteiger partial charge in [0, 0.05) is 17.2 Å². The molecule has 1 amide bonds. The van der Waals surface area contributed by atoms with Crippen molar-refractivity contribution >= 4 is 29.2 Å². The molecule has 0 aliphatic rings. The molecule has 0 aromatic heterocycles. The zero-order chi connectivity index (χ0) is 27.7. The van der Waals surface area contributed by atoms with Gasteiger partial charge in [-0.3, -0.25) is 4.79 Å². The number of nitrogens with one attached hydrogen (secondary N) is 1. The van der Waals surface area contributed by atoms with Gasteiger partial charge in [-0.1, -0.05) is 43.8 Å². The lowest BCUT2D eigenvalue weighted by molar-refractivity contribution is -0.138. The smallest absolute Gasteiger partial charge is 0.412 e. The first kappa shape index (κ1) is 27.6. The van der Waals surface area contributed by atoms with Crippen molar-refractivity contribution < 1.29 is 34.1 Å². The Morgan fingerprint density at radius 1 is 0.947 bits per heavy atom. The number of rotatable bonds is 10. The van der Waals surface area contributed by atoms with Crippen LogP contribution in [0.4, 0.5) is 16.2 Å². The van der Waals surface area contributed by atoms with E-state index < -0.39 is 17.8 Å². The van der Waals surface area contributed by atoms with Crippen LogP contribution in [0.1, 0.15) is 35.3 Å². The number of azo groups is 1. The van der Waals surface area contributed by atoms with E-state index in [1.165, 1.54) is 19.1 Å². The van der Waals surface area contributed by atoms with Gasteiger partial charge in [-0.15, -0.1) is 5.11 Å². The number of phenols is 2. The summed E-state index contributed by atoms with van der Waals surface area (Å²) in [5.74, 6) is -1.43. The predicted molar refractivity (Wildman–Crippen MR) is 139 cm³/mol. The van der Waals surface area contributed by atoms with E-state index in [9.17, 15) is 24.6 Å². The van der Waals surface area contributed by atoms with Gasteiger partial charge in [0.15, 0.2) is 5.78 Å². The van der Waals surface area contributed by atoms with Crippen LogP contribution >= 0.6 is 0 Å². The normalized spacial score (nSPS) is 10.7. The number of phenolic OH excluding ortho intramolecular Hbond substituents is 2. The molecule has 196 valence electrons. The van der Waals surface area contributed by atoms with Crippen LogP contribution in [0.5, 0.6) is 17.2 Å². The molecule has 0 radical (unpaired) electrons. The highest BCUT2D eigenvalue weighted by atomic mass is 16.6. The average Bonchev–Trinajstić information content (AvgIpc) is 2.91. The maximum Gasteiger partial charge on any atom is 0.412 e. The Morgan fingerprint density at radius 2 is 1.66 bits per heavy atom. The van der Waals surface area contributed by atoms with Crippen molar-refractivity contribution in [2.24, 2.45) is 10.2 Å². The minimum Gasteiger partial charge on any atom is -0.507 e. The third-order valence-corrected chi connectivity index (χ3v) is 5.23. The largest absolute Gasteiger partial charge is 0.507 e. The lowest BCUT2D eigenvalue weighted by Gasteiger charge is -2.10. The highest BCUT2D eigenvalue weighted by Crippen LogP contribution is 2.36. The van der Waals surface area contributed by atoms with E-state index in [-0.39, 0.29) is 47.2 Å².